The van der Waals surface area contributed by atoms with E-state index in [0.717, 1.165) is 21.8 Å². The largest absolute Gasteiger partial charge is 0.338 e. The van der Waals surface area contributed by atoms with Crippen LogP contribution in [0.1, 0.15) is 24.1 Å². The maximum atomic E-state index is 13.2. The van der Waals surface area contributed by atoms with E-state index in [4.69, 9.17) is 0 Å². The number of rotatable bonds is 8. The van der Waals surface area contributed by atoms with Crippen LogP contribution < -0.4 is 0 Å². The van der Waals surface area contributed by atoms with Gasteiger partial charge in [-0.15, -0.1) is 21.5 Å². The standard InChI is InChI=1S/C24H23FN4OS2/c1-17(19-10-12-20(25)13-11-19)28(2)22(30)16-32-24-27-26-23(21-9-6-14-31-21)29(24)15-18-7-4-3-5-8-18/h3-14,17H,15-16H2,1-2H3. The molecule has 1 amide bonds. The van der Waals surface area contributed by atoms with Crippen molar-refractivity contribution in [3.8, 4) is 10.7 Å². The SMILES string of the molecule is CC(c1ccc(F)cc1)N(C)C(=O)CSc1nnc(-c2cccs2)n1Cc1ccccc1. The van der Waals surface area contributed by atoms with Gasteiger partial charge in [-0.25, -0.2) is 4.39 Å². The molecule has 0 aliphatic rings. The number of carbonyl (C=O) groups excluding carboxylic acids is 1. The summed E-state index contributed by atoms with van der Waals surface area (Å²) >= 11 is 2.99. The average Bonchev–Trinajstić information content (AvgIpc) is 3.48. The van der Waals surface area contributed by atoms with Gasteiger partial charge in [-0.05, 0) is 41.6 Å². The van der Waals surface area contributed by atoms with Crippen molar-refractivity contribution in [3.63, 3.8) is 0 Å². The van der Waals surface area contributed by atoms with Crippen LogP contribution in [-0.2, 0) is 11.3 Å². The molecule has 2 aromatic carbocycles. The van der Waals surface area contributed by atoms with Gasteiger partial charge in [-0.2, -0.15) is 0 Å². The van der Waals surface area contributed by atoms with Crippen molar-refractivity contribution in [1.29, 1.82) is 0 Å². The first-order valence-electron chi connectivity index (χ1n) is 10.2. The zero-order valence-corrected chi connectivity index (χ0v) is 19.4. The van der Waals surface area contributed by atoms with Gasteiger partial charge in [-0.3, -0.25) is 9.36 Å². The van der Waals surface area contributed by atoms with E-state index in [0.29, 0.717) is 11.7 Å². The van der Waals surface area contributed by atoms with Crippen LogP contribution in [0.25, 0.3) is 10.7 Å². The molecule has 0 aliphatic carbocycles. The first-order chi connectivity index (χ1) is 15.5. The molecule has 1 unspecified atom stereocenters. The maximum absolute atomic E-state index is 13.2. The van der Waals surface area contributed by atoms with Crippen LogP contribution in [0.4, 0.5) is 4.39 Å². The molecule has 1 atom stereocenters. The maximum Gasteiger partial charge on any atom is 0.233 e. The third-order valence-electron chi connectivity index (χ3n) is 5.29. The number of carbonyl (C=O) groups is 1. The molecular weight excluding hydrogens is 443 g/mol. The van der Waals surface area contributed by atoms with E-state index in [9.17, 15) is 9.18 Å². The average molecular weight is 467 g/mol. The molecule has 5 nitrogen and oxygen atoms in total. The summed E-state index contributed by atoms with van der Waals surface area (Å²) in [5, 5.41) is 11.5. The molecule has 4 rings (SSSR count). The van der Waals surface area contributed by atoms with Crippen LogP contribution in [0.3, 0.4) is 0 Å². The van der Waals surface area contributed by atoms with E-state index in [2.05, 4.69) is 26.9 Å². The molecule has 0 radical (unpaired) electrons. The highest BCUT2D eigenvalue weighted by Gasteiger charge is 2.21. The molecule has 0 aliphatic heterocycles. The molecule has 0 N–H and O–H groups in total. The minimum atomic E-state index is -0.287. The second-order valence-electron chi connectivity index (χ2n) is 7.38. The van der Waals surface area contributed by atoms with Gasteiger partial charge in [0.1, 0.15) is 5.82 Å². The van der Waals surface area contributed by atoms with Gasteiger partial charge >= 0.3 is 0 Å². The van der Waals surface area contributed by atoms with Crippen LogP contribution in [0.2, 0.25) is 0 Å². The summed E-state index contributed by atoms with van der Waals surface area (Å²) in [6, 6.07) is 20.2. The number of aromatic nitrogens is 3. The number of thiophene rings is 1. The molecular formula is C24H23FN4OS2. The molecule has 4 aromatic rings. The normalized spacial score (nSPS) is 12.0. The third-order valence-corrected chi connectivity index (χ3v) is 7.11. The fourth-order valence-corrected chi connectivity index (χ4v) is 4.88. The first-order valence-corrected chi connectivity index (χ1v) is 12.0. The molecule has 2 aromatic heterocycles. The van der Waals surface area contributed by atoms with Crippen molar-refractivity contribution in [2.24, 2.45) is 0 Å². The summed E-state index contributed by atoms with van der Waals surface area (Å²) in [5.74, 6) is 0.717. The van der Waals surface area contributed by atoms with Gasteiger partial charge in [0, 0.05) is 7.05 Å². The molecule has 2 heterocycles. The number of amides is 1. The Morgan fingerprint density at radius 1 is 1.09 bits per heavy atom. The second kappa shape index (κ2) is 10.1. The zero-order valence-electron chi connectivity index (χ0n) is 17.8. The second-order valence-corrected chi connectivity index (χ2v) is 9.27. The van der Waals surface area contributed by atoms with Gasteiger partial charge in [0.05, 0.1) is 23.2 Å². The molecule has 8 heteroatoms. The van der Waals surface area contributed by atoms with E-state index >= 15 is 0 Å². The summed E-state index contributed by atoms with van der Waals surface area (Å²) < 4.78 is 15.3. The lowest BCUT2D eigenvalue weighted by Crippen LogP contribution is -2.31. The summed E-state index contributed by atoms with van der Waals surface area (Å²) in [6.45, 7) is 2.56. The molecule has 0 saturated heterocycles. The van der Waals surface area contributed by atoms with Gasteiger partial charge in [0.25, 0.3) is 0 Å². The fraction of sp³-hybridized carbons (Fsp3) is 0.208. The predicted octanol–water partition coefficient (Wildman–Crippen LogP) is 5.51. The van der Waals surface area contributed by atoms with E-state index in [1.807, 2.05) is 42.6 Å². The highest BCUT2D eigenvalue weighted by atomic mass is 32.2. The van der Waals surface area contributed by atoms with E-state index < -0.39 is 0 Å². The van der Waals surface area contributed by atoms with Gasteiger partial charge in [-0.1, -0.05) is 60.3 Å². The van der Waals surface area contributed by atoms with Crippen molar-refractivity contribution in [2.45, 2.75) is 24.7 Å². The Bertz CT molecular complexity index is 1160. The molecule has 0 spiro atoms. The van der Waals surface area contributed by atoms with E-state index in [-0.39, 0.29) is 23.5 Å². The van der Waals surface area contributed by atoms with Crippen LogP contribution in [-0.4, -0.2) is 38.4 Å². The van der Waals surface area contributed by atoms with Crippen molar-refractivity contribution in [1.82, 2.24) is 19.7 Å². The molecule has 0 fully saturated rings. The Labute approximate surface area is 194 Å². The molecule has 0 saturated carbocycles. The first kappa shape index (κ1) is 22.2. The van der Waals surface area contributed by atoms with Crippen molar-refractivity contribution >= 4 is 29.0 Å². The number of nitrogens with zero attached hydrogens (tertiary/aromatic N) is 4. The summed E-state index contributed by atoms with van der Waals surface area (Å²) in [7, 11) is 1.77. The monoisotopic (exact) mass is 466 g/mol. The number of hydrogen-bond acceptors (Lipinski definition) is 5. The minimum Gasteiger partial charge on any atom is -0.338 e. The molecule has 164 valence electrons. The summed E-state index contributed by atoms with van der Waals surface area (Å²) in [4.78, 5) is 15.6. The van der Waals surface area contributed by atoms with Gasteiger partial charge < -0.3 is 4.90 Å². The number of benzene rings is 2. The zero-order chi connectivity index (χ0) is 22.5. The third kappa shape index (κ3) is 5.08. The summed E-state index contributed by atoms with van der Waals surface area (Å²) in [6.07, 6.45) is 0. The Kier molecular flexibility index (Phi) is 7.02. The molecule has 32 heavy (non-hydrogen) atoms. The molecule has 0 bridgehead atoms. The van der Waals surface area contributed by atoms with Crippen LogP contribution in [0, 0.1) is 5.82 Å². The smallest absolute Gasteiger partial charge is 0.233 e. The highest BCUT2D eigenvalue weighted by Crippen LogP contribution is 2.29. The Morgan fingerprint density at radius 2 is 1.84 bits per heavy atom. The van der Waals surface area contributed by atoms with Crippen LogP contribution >= 0.6 is 23.1 Å². The summed E-state index contributed by atoms with van der Waals surface area (Å²) in [5.41, 5.74) is 2.03. The van der Waals surface area contributed by atoms with Gasteiger partial charge in [0.2, 0.25) is 5.91 Å². The van der Waals surface area contributed by atoms with Gasteiger partial charge in [0.15, 0.2) is 11.0 Å². The predicted molar refractivity (Wildman–Crippen MR) is 127 cm³/mol. The van der Waals surface area contributed by atoms with Crippen LogP contribution in [0.15, 0.2) is 77.3 Å². The lowest BCUT2D eigenvalue weighted by atomic mass is 10.1. The number of thioether (sulfide) groups is 1. The Morgan fingerprint density at radius 3 is 2.53 bits per heavy atom. The Balaban J connectivity index is 1.50. The van der Waals surface area contributed by atoms with Crippen molar-refractivity contribution in [2.75, 3.05) is 12.8 Å². The van der Waals surface area contributed by atoms with E-state index in [1.165, 1.54) is 23.9 Å². The van der Waals surface area contributed by atoms with Crippen molar-refractivity contribution in [3.05, 3.63) is 89.1 Å². The lowest BCUT2D eigenvalue weighted by molar-refractivity contribution is -0.128. The topological polar surface area (TPSA) is 51.0 Å². The number of halogens is 1. The van der Waals surface area contributed by atoms with E-state index in [1.54, 1.807) is 35.4 Å². The highest BCUT2D eigenvalue weighted by molar-refractivity contribution is 7.99. The number of hydrogen-bond donors (Lipinski definition) is 0. The van der Waals surface area contributed by atoms with Crippen LogP contribution in [0.5, 0.6) is 0 Å². The minimum absolute atomic E-state index is 0.0289. The van der Waals surface area contributed by atoms with Crippen molar-refractivity contribution < 1.29 is 9.18 Å². The lowest BCUT2D eigenvalue weighted by Gasteiger charge is -2.25. The quantitative estimate of drug-likeness (QED) is 0.322. The fourth-order valence-electron chi connectivity index (χ4n) is 3.30. The Hall–Kier alpha value is -2.97.